The van der Waals surface area contributed by atoms with Gasteiger partial charge in [-0.15, -0.1) is 0 Å². The van der Waals surface area contributed by atoms with Gasteiger partial charge in [-0.2, -0.15) is 0 Å². The Morgan fingerprint density at radius 3 is 2.04 bits per heavy atom. The van der Waals surface area contributed by atoms with Gasteiger partial charge in [0.05, 0.1) is 10.6 Å². The van der Waals surface area contributed by atoms with E-state index >= 15 is 0 Å². The lowest BCUT2D eigenvalue weighted by Crippen LogP contribution is -2.33. The summed E-state index contributed by atoms with van der Waals surface area (Å²) in [6, 6.07) is 6.02. The minimum absolute atomic E-state index is 0.0270. The molecule has 0 aromatic heterocycles. The molecule has 1 aromatic rings. The van der Waals surface area contributed by atoms with Crippen LogP contribution < -0.4 is 10.0 Å². The molecule has 120 valence electrons. The highest BCUT2D eigenvalue weighted by atomic mass is 32.2. The van der Waals surface area contributed by atoms with Gasteiger partial charge in [0.25, 0.3) is 10.0 Å². The minimum Gasteiger partial charge on any atom is -0.323 e. The van der Waals surface area contributed by atoms with Crippen molar-refractivity contribution in [1.29, 1.82) is 0 Å². The van der Waals surface area contributed by atoms with Gasteiger partial charge in [0.2, 0.25) is 17.5 Å². The smallest absolute Gasteiger partial charge is 0.262 e. The number of carbonyl (C=O) groups excluding carboxylic acids is 3. The van der Waals surface area contributed by atoms with E-state index in [1.54, 1.807) is 12.1 Å². The molecule has 0 atom stereocenters. The Morgan fingerprint density at radius 2 is 1.48 bits per heavy atom. The molecular formula is C15H14N2O5S. The number of carbonyl (C=O) groups is 3. The average Bonchev–Trinajstić information content (AvgIpc) is 2.44. The second-order valence-electron chi connectivity index (χ2n) is 4.94. The number of nitrogens with one attached hydrogen (secondary N) is 2. The topological polar surface area (TPSA) is 109 Å². The fourth-order valence-electron chi connectivity index (χ4n) is 1.85. The van der Waals surface area contributed by atoms with Crippen molar-refractivity contribution in [2.45, 2.75) is 18.7 Å². The van der Waals surface area contributed by atoms with E-state index in [9.17, 15) is 22.8 Å². The molecule has 0 unspecified atom stereocenters. The summed E-state index contributed by atoms with van der Waals surface area (Å²) in [6.07, 6.45) is 1.73. The van der Waals surface area contributed by atoms with E-state index in [2.05, 4.69) is 10.0 Å². The quantitative estimate of drug-likeness (QED) is 0.771. The molecule has 1 aromatic carbocycles. The summed E-state index contributed by atoms with van der Waals surface area (Å²) in [5.41, 5.74) is 0.320. The summed E-state index contributed by atoms with van der Waals surface area (Å²) in [5.74, 6) is -1.89. The second-order valence-corrected chi connectivity index (χ2v) is 6.63. The Kier molecular flexibility index (Phi) is 4.46. The van der Waals surface area contributed by atoms with Crippen LogP contribution in [0.1, 0.15) is 12.5 Å². The highest BCUT2D eigenvalue weighted by molar-refractivity contribution is 7.89. The van der Waals surface area contributed by atoms with Crippen LogP contribution in [0.5, 0.6) is 0 Å². The Hall–Kier alpha value is -2.74. The number of hydrogen-bond donors (Lipinski definition) is 2. The van der Waals surface area contributed by atoms with Crippen molar-refractivity contribution in [2.24, 2.45) is 0 Å². The van der Waals surface area contributed by atoms with Crippen LogP contribution in [0.15, 0.2) is 52.7 Å². The first-order valence-electron chi connectivity index (χ1n) is 6.58. The molecule has 0 spiro atoms. The van der Waals surface area contributed by atoms with Crippen molar-refractivity contribution >= 4 is 27.5 Å². The highest BCUT2D eigenvalue weighted by Gasteiger charge is 2.25. The van der Waals surface area contributed by atoms with E-state index in [-0.39, 0.29) is 16.3 Å². The third-order valence-corrected chi connectivity index (χ3v) is 4.35. The van der Waals surface area contributed by atoms with E-state index in [1.807, 2.05) is 6.92 Å². The van der Waals surface area contributed by atoms with Crippen molar-refractivity contribution in [1.82, 2.24) is 10.0 Å². The number of sulfonamides is 1. The fourth-order valence-corrected chi connectivity index (χ4v) is 2.91. The Labute approximate surface area is 133 Å². The van der Waals surface area contributed by atoms with Crippen LogP contribution in [-0.2, 0) is 24.4 Å². The van der Waals surface area contributed by atoms with Crippen molar-refractivity contribution < 1.29 is 22.8 Å². The molecule has 0 radical (unpaired) electrons. The van der Waals surface area contributed by atoms with E-state index in [0.29, 0.717) is 0 Å². The van der Waals surface area contributed by atoms with Crippen molar-refractivity contribution in [3.05, 3.63) is 53.4 Å². The average molecular weight is 334 g/mol. The van der Waals surface area contributed by atoms with Gasteiger partial charge in [0.1, 0.15) is 5.70 Å². The van der Waals surface area contributed by atoms with Crippen LogP contribution >= 0.6 is 0 Å². The first kappa shape index (κ1) is 16.6. The van der Waals surface area contributed by atoms with Crippen LogP contribution in [0.25, 0.3) is 0 Å². The lowest BCUT2D eigenvalue weighted by molar-refractivity contribution is -0.120. The Morgan fingerprint density at radius 1 is 0.957 bits per heavy atom. The minimum atomic E-state index is -3.98. The number of hydrogen-bond acceptors (Lipinski definition) is 5. The SMILES string of the molecule is CC(=O)NC1=CC(=O)C(NS(=O)(=O)c2ccc(C)cc2)=CC1=O. The molecule has 7 nitrogen and oxygen atoms in total. The number of rotatable bonds is 4. The standard InChI is InChI=1S/C15H14N2O5S/c1-9-3-5-11(6-4-9)23(21,22)17-13-8-14(19)12(7-15(13)20)16-10(2)18/h3-8,17H,1-2H3,(H,16,18). The fraction of sp³-hybridized carbons (Fsp3) is 0.133. The third kappa shape index (κ3) is 3.92. The summed E-state index contributed by atoms with van der Waals surface area (Å²) in [5, 5.41) is 2.21. The number of allylic oxidation sites excluding steroid dienone is 2. The van der Waals surface area contributed by atoms with Gasteiger partial charge in [-0.25, -0.2) is 8.42 Å². The maximum atomic E-state index is 12.2. The summed E-state index contributed by atoms with van der Waals surface area (Å²) < 4.78 is 26.5. The molecule has 1 aliphatic carbocycles. The molecule has 0 aliphatic heterocycles. The predicted octanol–water partition coefficient (Wildman–Crippen LogP) is 0.329. The van der Waals surface area contributed by atoms with Crippen molar-refractivity contribution in [3.63, 3.8) is 0 Å². The lowest BCUT2D eigenvalue weighted by Gasteiger charge is -2.14. The highest BCUT2D eigenvalue weighted by Crippen LogP contribution is 2.14. The Balaban J connectivity index is 2.24. The number of benzene rings is 1. The summed E-state index contributed by atoms with van der Waals surface area (Å²) in [7, 11) is -3.98. The van der Waals surface area contributed by atoms with Gasteiger partial charge >= 0.3 is 0 Å². The van der Waals surface area contributed by atoms with E-state index in [4.69, 9.17) is 0 Å². The lowest BCUT2D eigenvalue weighted by atomic mass is 10.1. The number of amides is 1. The zero-order chi connectivity index (χ0) is 17.2. The molecule has 2 N–H and O–H groups in total. The monoisotopic (exact) mass is 334 g/mol. The molecule has 0 saturated heterocycles. The largest absolute Gasteiger partial charge is 0.323 e. The molecule has 8 heteroatoms. The van der Waals surface area contributed by atoms with Gasteiger partial charge in [0, 0.05) is 19.1 Å². The molecule has 1 amide bonds. The predicted molar refractivity (Wildman–Crippen MR) is 81.5 cm³/mol. The zero-order valence-electron chi connectivity index (χ0n) is 12.4. The van der Waals surface area contributed by atoms with Crippen molar-refractivity contribution in [3.8, 4) is 0 Å². The first-order valence-corrected chi connectivity index (χ1v) is 8.06. The van der Waals surface area contributed by atoms with E-state index in [1.165, 1.54) is 19.1 Å². The maximum absolute atomic E-state index is 12.2. The number of ketones is 2. The van der Waals surface area contributed by atoms with Crippen LogP contribution in [0, 0.1) is 6.92 Å². The second kappa shape index (κ2) is 6.17. The summed E-state index contributed by atoms with van der Waals surface area (Å²) in [6.45, 7) is 3.00. The van der Waals surface area contributed by atoms with Crippen molar-refractivity contribution in [2.75, 3.05) is 0 Å². The summed E-state index contributed by atoms with van der Waals surface area (Å²) in [4.78, 5) is 34.6. The normalized spacial score (nSPS) is 14.9. The number of aryl methyl sites for hydroxylation is 1. The Bertz CT molecular complexity index is 848. The zero-order valence-corrected chi connectivity index (χ0v) is 13.2. The van der Waals surface area contributed by atoms with E-state index in [0.717, 1.165) is 17.7 Å². The van der Waals surface area contributed by atoms with Crippen LogP contribution in [0.4, 0.5) is 0 Å². The van der Waals surface area contributed by atoms with E-state index < -0.39 is 27.5 Å². The van der Waals surface area contributed by atoms with Gasteiger partial charge in [0.15, 0.2) is 0 Å². The molecule has 23 heavy (non-hydrogen) atoms. The van der Waals surface area contributed by atoms with Gasteiger partial charge in [-0.1, -0.05) is 17.7 Å². The van der Waals surface area contributed by atoms with Crippen LogP contribution in [-0.4, -0.2) is 25.9 Å². The molecular weight excluding hydrogens is 320 g/mol. The first-order chi connectivity index (χ1) is 10.7. The molecule has 1 aliphatic rings. The summed E-state index contributed by atoms with van der Waals surface area (Å²) >= 11 is 0. The maximum Gasteiger partial charge on any atom is 0.262 e. The molecule has 0 fully saturated rings. The molecule has 0 bridgehead atoms. The van der Waals surface area contributed by atoms with Crippen LogP contribution in [0.3, 0.4) is 0 Å². The molecule has 0 saturated carbocycles. The van der Waals surface area contributed by atoms with Crippen LogP contribution in [0.2, 0.25) is 0 Å². The van der Waals surface area contributed by atoms with Gasteiger partial charge in [-0.3, -0.25) is 19.1 Å². The third-order valence-electron chi connectivity index (χ3n) is 2.97. The van der Waals surface area contributed by atoms with Gasteiger partial charge in [-0.05, 0) is 19.1 Å². The molecule has 0 heterocycles. The molecule has 2 rings (SSSR count). The van der Waals surface area contributed by atoms with Gasteiger partial charge < -0.3 is 5.32 Å².